The topological polar surface area (TPSA) is 89.4 Å². The first kappa shape index (κ1) is 20.6. The highest BCUT2D eigenvalue weighted by molar-refractivity contribution is 5.93. The first-order valence-corrected chi connectivity index (χ1v) is 9.95. The van der Waals surface area contributed by atoms with Gasteiger partial charge < -0.3 is 15.0 Å². The molecular formula is C21H27N5O3. The van der Waals surface area contributed by atoms with Crippen LogP contribution in [0.4, 0.5) is 5.95 Å². The molecule has 29 heavy (non-hydrogen) atoms. The lowest BCUT2D eigenvalue weighted by atomic mass is 9.95. The number of aromatic nitrogens is 3. The third-order valence-corrected chi connectivity index (χ3v) is 4.87. The predicted octanol–water partition coefficient (Wildman–Crippen LogP) is 2.44. The lowest BCUT2D eigenvalue weighted by Gasteiger charge is -2.35. The number of carbonyl (C=O) groups is 2. The Morgan fingerprint density at radius 2 is 1.97 bits per heavy atom. The maximum atomic E-state index is 12.9. The Morgan fingerprint density at radius 3 is 2.66 bits per heavy atom. The molecule has 0 saturated carbocycles. The first-order chi connectivity index (χ1) is 14.1. The van der Waals surface area contributed by atoms with Gasteiger partial charge in [-0.05, 0) is 25.8 Å². The number of anilines is 1. The van der Waals surface area contributed by atoms with Crippen LogP contribution in [0.25, 0.3) is 0 Å². The molecule has 2 aromatic rings. The second-order valence-corrected chi connectivity index (χ2v) is 6.83. The highest BCUT2D eigenvalue weighted by Gasteiger charge is 2.38. The number of unbranched alkanes of at least 4 members (excludes halogenated alkanes) is 1. The van der Waals surface area contributed by atoms with Crippen LogP contribution in [0, 0.1) is 0 Å². The van der Waals surface area contributed by atoms with E-state index in [-0.39, 0.29) is 19.1 Å². The summed E-state index contributed by atoms with van der Waals surface area (Å²) in [7, 11) is 0. The van der Waals surface area contributed by atoms with Gasteiger partial charge in [-0.15, -0.1) is 0 Å². The van der Waals surface area contributed by atoms with E-state index in [1.165, 1.54) is 6.33 Å². The van der Waals surface area contributed by atoms with Gasteiger partial charge in [-0.1, -0.05) is 43.7 Å². The quantitative estimate of drug-likeness (QED) is 0.544. The Hall–Kier alpha value is -3.16. The van der Waals surface area contributed by atoms with Crippen molar-refractivity contribution in [3.63, 3.8) is 0 Å². The van der Waals surface area contributed by atoms with Gasteiger partial charge in [-0.25, -0.2) is 9.48 Å². The number of esters is 1. The van der Waals surface area contributed by atoms with E-state index in [0.29, 0.717) is 23.8 Å². The number of hydrogen-bond donors (Lipinski definition) is 1. The molecule has 8 nitrogen and oxygen atoms in total. The third-order valence-electron chi connectivity index (χ3n) is 4.87. The minimum Gasteiger partial charge on any atom is -0.463 e. The van der Waals surface area contributed by atoms with Crippen LogP contribution in [0.1, 0.15) is 45.2 Å². The zero-order chi connectivity index (χ0) is 20.8. The normalized spacial score (nSPS) is 15.8. The van der Waals surface area contributed by atoms with E-state index in [9.17, 15) is 9.59 Å². The van der Waals surface area contributed by atoms with Crippen molar-refractivity contribution >= 4 is 17.8 Å². The molecule has 0 aliphatic carbocycles. The van der Waals surface area contributed by atoms with E-state index in [1.807, 2.05) is 37.3 Å². The molecule has 2 heterocycles. The average molecular weight is 397 g/mol. The molecule has 1 aromatic carbocycles. The van der Waals surface area contributed by atoms with Gasteiger partial charge in [0.2, 0.25) is 11.9 Å². The zero-order valence-corrected chi connectivity index (χ0v) is 17.1. The van der Waals surface area contributed by atoms with Gasteiger partial charge in [0.25, 0.3) is 0 Å². The molecule has 1 N–H and O–H groups in total. The fourth-order valence-electron chi connectivity index (χ4n) is 3.44. The monoisotopic (exact) mass is 397 g/mol. The van der Waals surface area contributed by atoms with Gasteiger partial charge in [0.05, 0.1) is 12.2 Å². The van der Waals surface area contributed by atoms with E-state index < -0.39 is 12.0 Å². The number of hydrogen-bond acceptors (Lipinski definition) is 6. The molecule has 154 valence electrons. The Labute approximate surface area is 170 Å². The van der Waals surface area contributed by atoms with Crippen molar-refractivity contribution in [3.05, 3.63) is 53.5 Å². The number of nitrogens with zero attached hydrogens (tertiary/aromatic N) is 4. The summed E-state index contributed by atoms with van der Waals surface area (Å²) in [6, 6.07) is 9.16. The van der Waals surface area contributed by atoms with Gasteiger partial charge in [0.15, 0.2) is 0 Å². The van der Waals surface area contributed by atoms with Crippen LogP contribution in [0.15, 0.2) is 47.9 Å². The minimum absolute atomic E-state index is 0.0542. The number of ether oxygens (including phenoxy) is 1. The SMILES string of the molecule is CCCCNC(=O)CN1C(C)=C(C(=O)OCC)[C@@H](c2ccccc2)n2ncnc21. The number of benzene rings is 1. The molecule has 1 atom stereocenters. The van der Waals surface area contributed by atoms with Gasteiger partial charge in [-0.3, -0.25) is 4.79 Å². The van der Waals surface area contributed by atoms with Gasteiger partial charge in [0, 0.05) is 12.2 Å². The van der Waals surface area contributed by atoms with Crippen molar-refractivity contribution in [2.45, 2.75) is 39.7 Å². The van der Waals surface area contributed by atoms with E-state index in [1.54, 1.807) is 16.5 Å². The lowest BCUT2D eigenvalue weighted by molar-refractivity contribution is -0.139. The molecule has 0 fully saturated rings. The van der Waals surface area contributed by atoms with Crippen molar-refractivity contribution in [1.29, 1.82) is 0 Å². The second kappa shape index (κ2) is 9.36. The average Bonchev–Trinajstić information content (AvgIpc) is 3.20. The smallest absolute Gasteiger partial charge is 0.338 e. The van der Waals surface area contributed by atoms with Crippen molar-refractivity contribution in [3.8, 4) is 0 Å². The summed E-state index contributed by atoms with van der Waals surface area (Å²) in [6.07, 6.45) is 3.36. The standard InChI is InChI=1S/C21H27N5O3/c1-4-6-12-22-17(27)13-25-15(3)18(20(28)29-5-2)19(16-10-8-7-9-11-16)26-21(25)23-14-24-26/h7-11,14,19H,4-6,12-13H2,1-3H3,(H,22,27)/t19-/m1/s1. The number of amides is 1. The fraction of sp³-hybridized carbons (Fsp3) is 0.429. The number of nitrogens with one attached hydrogen (secondary N) is 1. The predicted molar refractivity (Wildman–Crippen MR) is 109 cm³/mol. The molecule has 0 unspecified atom stereocenters. The summed E-state index contributed by atoms with van der Waals surface area (Å²) < 4.78 is 7.02. The molecular weight excluding hydrogens is 370 g/mol. The van der Waals surface area contributed by atoms with Crippen LogP contribution in [-0.4, -0.2) is 46.3 Å². The molecule has 0 bridgehead atoms. The number of fused-ring (bicyclic) bond motifs is 1. The maximum Gasteiger partial charge on any atom is 0.338 e. The summed E-state index contributed by atoms with van der Waals surface area (Å²) in [4.78, 5) is 31.5. The van der Waals surface area contributed by atoms with Gasteiger partial charge in [-0.2, -0.15) is 10.1 Å². The van der Waals surface area contributed by atoms with Crippen LogP contribution >= 0.6 is 0 Å². The van der Waals surface area contributed by atoms with Gasteiger partial charge in [0.1, 0.15) is 18.9 Å². The molecule has 0 saturated heterocycles. The molecule has 1 aliphatic heterocycles. The number of carbonyl (C=O) groups excluding carboxylic acids is 2. The van der Waals surface area contributed by atoms with E-state index in [0.717, 1.165) is 18.4 Å². The second-order valence-electron chi connectivity index (χ2n) is 6.83. The molecule has 3 rings (SSSR count). The maximum absolute atomic E-state index is 12.9. The van der Waals surface area contributed by atoms with Crippen molar-refractivity contribution in [1.82, 2.24) is 20.1 Å². The largest absolute Gasteiger partial charge is 0.463 e. The van der Waals surface area contributed by atoms with Crippen molar-refractivity contribution in [2.24, 2.45) is 0 Å². The fourth-order valence-corrected chi connectivity index (χ4v) is 3.44. The first-order valence-electron chi connectivity index (χ1n) is 9.95. The van der Waals surface area contributed by atoms with E-state index in [2.05, 4.69) is 22.3 Å². The highest BCUT2D eigenvalue weighted by Crippen LogP contribution is 2.38. The van der Waals surface area contributed by atoms with Crippen LogP contribution in [0.2, 0.25) is 0 Å². The Balaban J connectivity index is 2.01. The minimum atomic E-state index is -0.466. The summed E-state index contributed by atoms with van der Waals surface area (Å²) in [5.41, 5.74) is 1.99. The van der Waals surface area contributed by atoms with Crippen LogP contribution in [-0.2, 0) is 14.3 Å². The van der Waals surface area contributed by atoms with E-state index >= 15 is 0 Å². The van der Waals surface area contributed by atoms with E-state index in [4.69, 9.17) is 4.74 Å². The highest BCUT2D eigenvalue weighted by atomic mass is 16.5. The molecule has 0 radical (unpaired) electrons. The Morgan fingerprint density at radius 1 is 1.21 bits per heavy atom. The molecule has 1 amide bonds. The third kappa shape index (κ3) is 4.31. The Kier molecular flexibility index (Phi) is 6.64. The zero-order valence-electron chi connectivity index (χ0n) is 17.1. The number of rotatable bonds is 8. The van der Waals surface area contributed by atoms with Crippen LogP contribution < -0.4 is 10.2 Å². The summed E-state index contributed by atoms with van der Waals surface area (Å²) in [5, 5.41) is 7.27. The van der Waals surface area contributed by atoms with Crippen molar-refractivity contribution in [2.75, 3.05) is 24.6 Å². The van der Waals surface area contributed by atoms with Crippen molar-refractivity contribution < 1.29 is 14.3 Å². The summed E-state index contributed by atoms with van der Waals surface area (Å²) >= 11 is 0. The van der Waals surface area contributed by atoms with Crippen LogP contribution in [0.3, 0.4) is 0 Å². The molecule has 8 heteroatoms. The summed E-state index contributed by atoms with van der Waals surface area (Å²) in [5.74, 6) is -0.0276. The lowest BCUT2D eigenvalue weighted by Crippen LogP contribution is -2.42. The van der Waals surface area contributed by atoms with Gasteiger partial charge >= 0.3 is 5.97 Å². The molecule has 1 aliphatic rings. The molecule has 1 aromatic heterocycles. The molecule has 0 spiro atoms. The Bertz CT molecular complexity index is 891. The number of allylic oxidation sites excluding steroid dienone is 1. The van der Waals surface area contributed by atoms with Crippen LogP contribution in [0.5, 0.6) is 0 Å². The summed E-state index contributed by atoms with van der Waals surface area (Å²) in [6.45, 7) is 6.60.